The third kappa shape index (κ3) is 4.45. The van der Waals surface area contributed by atoms with Gasteiger partial charge in [-0.1, -0.05) is 29.5 Å². The van der Waals surface area contributed by atoms with Gasteiger partial charge in [0.1, 0.15) is 16.3 Å². The molecule has 7 nitrogen and oxygen atoms in total. The van der Waals surface area contributed by atoms with Crippen molar-refractivity contribution in [2.24, 2.45) is 5.10 Å². The fourth-order valence-corrected chi connectivity index (χ4v) is 6.16. The van der Waals surface area contributed by atoms with E-state index in [0.717, 1.165) is 52.7 Å². The maximum Gasteiger partial charge on any atom is 0.267 e. The van der Waals surface area contributed by atoms with Crippen LogP contribution < -0.4 is 11.0 Å². The van der Waals surface area contributed by atoms with Crippen molar-refractivity contribution < 1.29 is 9.21 Å². The van der Waals surface area contributed by atoms with Crippen molar-refractivity contribution in [3.05, 3.63) is 74.8 Å². The van der Waals surface area contributed by atoms with Crippen LogP contribution in [0.2, 0.25) is 0 Å². The Hall–Kier alpha value is -3.17. The molecule has 3 heterocycles. The summed E-state index contributed by atoms with van der Waals surface area (Å²) in [6, 6.07) is 11.3. The smallest absolute Gasteiger partial charge is 0.267 e. The number of fused-ring (bicyclic) bond motifs is 3. The Bertz CT molecular complexity index is 1430. The number of furan rings is 1. The van der Waals surface area contributed by atoms with E-state index in [1.807, 2.05) is 31.2 Å². The van der Waals surface area contributed by atoms with E-state index in [1.165, 1.54) is 16.6 Å². The SMILES string of the molecule is C/C(=N\NC(=O)CSc1nc2sc3c(c2c(=O)n1-c1ccc(C)cc1)CCCC3)c1ccco1. The summed E-state index contributed by atoms with van der Waals surface area (Å²) in [5.41, 5.74) is 6.07. The third-order valence-corrected chi connectivity index (χ3v) is 7.93. The van der Waals surface area contributed by atoms with Crippen LogP contribution in [0.3, 0.4) is 0 Å². The molecule has 0 atom stereocenters. The van der Waals surface area contributed by atoms with E-state index >= 15 is 0 Å². The minimum atomic E-state index is -0.286. The van der Waals surface area contributed by atoms with Crippen LogP contribution in [0.15, 0.2) is 62.1 Å². The minimum absolute atomic E-state index is 0.0668. The number of hydrogen-bond donors (Lipinski definition) is 1. The lowest BCUT2D eigenvalue weighted by molar-refractivity contribution is -0.118. The van der Waals surface area contributed by atoms with Crippen LogP contribution in [-0.2, 0) is 17.6 Å². The van der Waals surface area contributed by atoms with Gasteiger partial charge in [0.15, 0.2) is 5.16 Å². The first-order chi connectivity index (χ1) is 16.5. The molecule has 1 aliphatic rings. The number of nitrogens with zero attached hydrogens (tertiary/aromatic N) is 3. The largest absolute Gasteiger partial charge is 0.463 e. The van der Waals surface area contributed by atoms with E-state index in [0.29, 0.717) is 16.6 Å². The van der Waals surface area contributed by atoms with E-state index < -0.39 is 0 Å². The molecule has 1 N–H and O–H groups in total. The molecule has 3 aromatic heterocycles. The van der Waals surface area contributed by atoms with Gasteiger partial charge in [0.05, 0.1) is 23.1 Å². The van der Waals surface area contributed by atoms with E-state index in [4.69, 9.17) is 9.40 Å². The topological polar surface area (TPSA) is 89.5 Å². The Kier molecular flexibility index (Phi) is 6.38. The first-order valence-corrected chi connectivity index (χ1v) is 13.0. The lowest BCUT2D eigenvalue weighted by Crippen LogP contribution is -2.24. The molecule has 174 valence electrons. The van der Waals surface area contributed by atoms with Gasteiger partial charge < -0.3 is 4.42 Å². The summed E-state index contributed by atoms with van der Waals surface area (Å²) in [5, 5.41) is 5.33. The Balaban J connectivity index is 1.47. The molecule has 0 saturated carbocycles. The molecule has 4 aromatic rings. The number of rotatable bonds is 6. The highest BCUT2D eigenvalue weighted by Crippen LogP contribution is 2.35. The van der Waals surface area contributed by atoms with Crippen LogP contribution in [0.5, 0.6) is 0 Å². The summed E-state index contributed by atoms with van der Waals surface area (Å²) >= 11 is 2.84. The minimum Gasteiger partial charge on any atom is -0.463 e. The monoisotopic (exact) mass is 492 g/mol. The van der Waals surface area contributed by atoms with Crippen molar-refractivity contribution >= 4 is 44.9 Å². The first-order valence-electron chi connectivity index (χ1n) is 11.2. The van der Waals surface area contributed by atoms with Crippen LogP contribution in [-0.4, -0.2) is 26.9 Å². The quantitative estimate of drug-likeness (QED) is 0.180. The molecule has 0 radical (unpaired) electrons. The van der Waals surface area contributed by atoms with Crippen molar-refractivity contribution in [1.82, 2.24) is 15.0 Å². The van der Waals surface area contributed by atoms with E-state index in [-0.39, 0.29) is 17.2 Å². The second kappa shape index (κ2) is 9.60. The van der Waals surface area contributed by atoms with Gasteiger partial charge in [-0.25, -0.2) is 10.4 Å². The van der Waals surface area contributed by atoms with Gasteiger partial charge in [-0.2, -0.15) is 5.10 Å². The van der Waals surface area contributed by atoms with Crippen molar-refractivity contribution in [1.29, 1.82) is 0 Å². The average molecular weight is 493 g/mol. The average Bonchev–Trinajstić information content (AvgIpc) is 3.50. The Morgan fingerprint density at radius 1 is 1.24 bits per heavy atom. The van der Waals surface area contributed by atoms with Gasteiger partial charge in [-0.15, -0.1) is 11.3 Å². The number of thioether (sulfide) groups is 1. The number of nitrogens with one attached hydrogen (secondary N) is 1. The van der Waals surface area contributed by atoms with Crippen LogP contribution in [0.4, 0.5) is 0 Å². The number of carbonyl (C=O) groups excluding carboxylic acids is 1. The number of aryl methyl sites for hydroxylation is 3. The predicted octanol–water partition coefficient (Wildman–Crippen LogP) is 4.86. The Morgan fingerprint density at radius 2 is 2.03 bits per heavy atom. The van der Waals surface area contributed by atoms with Gasteiger partial charge >= 0.3 is 0 Å². The summed E-state index contributed by atoms with van der Waals surface area (Å²) < 4.78 is 6.92. The molecule has 1 aromatic carbocycles. The zero-order valence-corrected chi connectivity index (χ0v) is 20.6. The van der Waals surface area contributed by atoms with Crippen LogP contribution >= 0.6 is 23.1 Å². The maximum absolute atomic E-state index is 13.7. The zero-order valence-electron chi connectivity index (χ0n) is 19.0. The summed E-state index contributed by atoms with van der Waals surface area (Å²) in [5.74, 6) is 0.380. The number of carbonyl (C=O) groups is 1. The number of hydrogen-bond acceptors (Lipinski definition) is 7. The van der Waals surface area contributed by atoms with Gasteiger partial charge in [0.2, 0.25) is 0 Å². The Morgan fingerprint density at radius 3 is 2.79 bits per heavy atom. The summed E-state index contributed by atoms with van der Waals surface area (Å²) in [4.78, 5) is 33.1. The maximum atomic E-state index is 13.7. The van der Waals surface area contributed by atoms with Crippen molar-refractivity contribution in [3.8, 4) is 5.69 Å². The van der Waals surface area contributed by atoms with Gasteiger partial charge in [-0.05, 0) is 69.4 Å². The fourth-order valence-electron chi connectivity index (χ4n) is 4.05. The molecule has 34 heavy (non-hydrogen) atoms. The van der Waals surface area contributed by atoms with Crippen LogP contribution in [0.25, 0.3) is 15.9 Å². The highest BCUT2D eigenvalue weighted by atomic mass is 32.2. The molecule has 1 aliphatic carbocycles. The highest BCUT2D eigenvalue weighted by molar-refractivity contribution is 7.99. The highest BCUT2D eigenvalue weighted by Gasteiger charge is 2.23. The van der Waals surface area contributed by atoms with E-state index in [9.17, 15) is 9.59 Å². The van der Waals surface area contributed by atoms with Crippen molar-refractivity contribution in [2.45, 2.75) is 44.7 Å². The molecule has 1 amide bonds. The molecular weight excluding hydrogens is 468 g/mol. The second-order valence-electron chi connectivity index (χ2n) is 8.26. The fraction of sp³-hybridized carbons (Fsp3) is 0.280. The molecule has 0 unspecified atom stereocenters. The molecule has 5 rings (SSSR count). The lowest BCUT2D eigenvalue weighted by Gasteiger charge is -2.13. The zero-order chi connectivity index (χ0) is 23.7. The number of aromatic nitrogens is 2. The Labute approximate surface area is 204 Å². The number of benzene rings is 1. The van der Waals surface area contributed by atoms with Gasteiger partial charge in [0, 0.05) is 4.88 Å². The standard InChI is InChI=1S/C25H24N4O3S2/c1-15-9-11-17(12-10-15)29-24(31)22-18-6-3-4-8-20(18)34-23(22)26-25(29)33-14-21(30)28-27-16(2)19-7-5-13-32-19/h5,7,9-13H,3-4,6,8,14H2,1-2H3,(H,28,30)/b27-16+. The second-order valence-corrected chi connectivity index (χ2v) is 10.3. The third-order valence-electron chi connectivity index (χ3n) is 5.81. The molecule has 0 spiro atoms. The molecule has 0 bridgehead atoms. The summed E-state index contributed by atoms with van der Waals surface area (Å²) in [6.45, 7) is 3.77. The van der Waals surface area contributed by atoms with Gasteiger partial charge in [0.25, 0.3) is 11.5 Å². The van der Waals surface area contributed by atoms with E-state index in [2.05, 4.69) is 10.5 Å². The number of amides is 1. The lowest BCUT2D eigenvalue weighted by atomic mass is 9.97. The first kappa shape index (κ1) is 22.6. The number of thiophene rings is 1. The summed E-state index contributed by atoms with van der Waals surface area (Å²) in [6.07, 6.45) is 5.71. The summed E-state index contributed by atoms with van der Waals surface area (Å²) in [7, 11) is 0. The molecule has 0 saturated heterocycles. The molecule has 9 heteroatoms. The van der Waals surface area contributed by atoms with Gasteiger partial charge in [-0.3, -0.25) is 14.2 Å². The molecule has 0 fully saturated rings. The van der Waals surface area contributed by atoms with Crippen molar-refractivity contribution in [2.75, 3.05) is 5.75 Å². The van der Waals surface area contributed by atoms with Crippen molar-refractivity contribution in [3.63, 3.8) is 0 Å². The molecular formula is C25H24N4O3S2. The van der Waals surface area contributed by atoms with Crippen LogP contribution in [0, 0.1) is 6.92 Å². The number of hydrazone groups is 1. The molecule has 0 aliphatic heterocycles. The predicted molar refractivity (Wildman–Crippen MR) is 136 cm³/mol. The normalized spacial score (nSPS) is 13.8. The van der Waals surface area contributed by atoms with Crippen LogP contribution in [0.1, 0.15) is 41.5 Å². The van der Waals surface area contributed by atoms with E-state index in [1.54, 1.807) is 41.2 Å².